The standard InChI is InChI=1S/C25H35ClFN7OS/c1-4-11-34(13-10-30-2)12-8-24(35)33-23-15-18(7-9-31-23)32-22(25(29)36-3)16-21(28)19-14-17(26)5-6-20(19)27/h5-7,9,14-16,30H,4,8,10-13,28-29H2,1-3H3,(H2,31,32,33,35)/b21-16-,25-22-. The third-order valence-corrected chi connectivity index (χ3v) is 6.10. The van der Waals surface area contributed by atoms with Crippen LogP contribution < -0.4 is 27.4 Å². The number of pyridine rings is 1. The van der Waals surface area contributed by atoms with E-state index in [-0.39, 0.29) is 17.2 Å². The lowest BCUT2D eigenvalue weighted by atomic mass is 10.1. The molecule has 36 heavy (non-hydrogen) atoms. The summed E-state index contributed by atoms with van der Waals surface area (Å²) < 4.78 is 14.3. The SMILES string of the molecule is CCCN(CCNC)CCC(=O)Nc1cc(NC(/C=C(\N)c2cc(Cl)ccc2F)=C(/N)SC)ccn1. The highest BCUT2D eigenvalue weighted by Crippen LogP contribution is 2.24. The number of nitrogens with two attached hydrogens (primary N) is 2. The molecule has 2 rings (SSSR count). The zero-order valence-corrected chi connectivity index (χ0v) is 22.5. The number of carbonyl (C=O) groups excluding carboxylic acids is 1. The number of hydrogen-bond acceptors (Lipinski definition) is 8. The molecule has 0 bridgehead atoms. The summed E-state index contributed by atoms with van der Waals surface area (Å²) in [5.74, 6) is -0.208. The van der Waals surface area contributed by atoms with E-state index in [0.29, 0.717) is 40.2 Å². The summed E-state index contributed by atoms with van der Waals surface area (Å²) in [7, 11) is 1.91. The van der Waals surface area contributed by atoms with Crippen molar-refractivity contribution in [1.29, 1.82) is 0 Å². The maximum atomic E-state index is 14.3. The fraction of sp³-hybridized carbons (Fsp3) is 0.360. The number of likely N-dealkylation sites (N-methyl/N-ethyl adjacent to an activating group) is 1. The third-order valence-electron chi connectivity index (χ3n) is 5.20. The molecule has 1 aromatic carbocycles. The number of benzene rings is 1. The van der Waals surface area contributed by atoms with E-state index in [2.05, 4.69) is 32.8 Å². The minimum Gasteiger partial charge on any atom is -0.398 e. The lowest BCUT2D eigenvalue weighted by Crippen LogP contribution is -2.34. The molecule has 0 aliphatic carbocycles. The minimum atomic E-state index is -0.493. The van der Waals surface area contributed by atoms with Crippen molar-refractivity contribution in [1.82, 2.24) is 15.2 Å². The number of hydrogen-bond donors (Lipinski definition) is 5. The average molecular weight is 536 g/mol. The molecule has 1 amide bonds. The Kier molecular flexibility index (Phi) is 12.6. The van der Waals surface area contributed by atoms with E-state index in [4.69, 9.17) is 23.1 Å². The predicted molar refractivity (Wildman–Crippen MR) is 150 cm³/mol. The smallest absolute Gasteiger partial charge is 0.226 e. The van der Waals surface area contributed by atoms with Crippen LogP contribution in [0.15, 0.2) is 53.3 Å². The van der Waals surface area contributed by atoms with Gasteiger partial charge in [0.05, 0.1) is 10.7 Å². The van der Waals surface area contributed by atoms with E-state index in [1.807, 2.05) is 13.3 Å². The molecular weight excluding hydrogens is 501 g/mol. The highest BCUT2D eigenvalue weighted by atomic mass is 35.5. The number of nitrogens with one attached hydrogen (secondary N) is 3. The summed E-state index contributed by atoms with van der Waals surface area (Å²) in [4.78, 5) is 19.0. The molecule has 1 aromatic heterocycles. The van der Waals surface area contributed by atoms with Gasteiger partial charge in [-0.1, -0.05) is 18.5 Å². The third kappa shape index (κ3) is 9.69. The summed E-state index contributed by atoms with van der Waals surface area (Å²) in [6, 6.07) is 7.59. The second kappa shape index (κ2) is 15.4. The Morgan fingerprint density at radius 3 is 2.67 bits per heavy atom. The maximum Gasteiger partial charge on any atom is 0.226 e. The second-order valence-electron chi connectivity index (χ2n) is 8.00. The number of halogens is 2. The van der Waals surface area contributed by atoms with Crippen LogP contribution >= 0.6 is 23.4 Å². The first-order chi connectivity index (χ1) is 17.3. The Labute approximate surface area is 221 Å². The Morgan fingerprint density at radius 2 is 1.97 bits per heavy atom. The fourth-order valence-electron chi connectivity index (χ4n) is 3.35. The van der Waals surface area contributed by atoms with Gasteiger partial charge in [-0.15, -0.1) is 11.8 Å². The monoisotopic (exact) mass is 535 g/mol. The molecule has 0 atom stereocenters. The van der Waals surface area contributed by atoms with Crippen LogP contribution in [-0.4, -0.2) is 55.3 Å². The molecule has 196 valence electrons. The van der Waals surface area contributed by atoms with Gasteiger partial charge in [-0.25, -0.2) is 9.37 Å². The minimum absolute atomic E-state index is 0.120. The van der Waals surface area contributed by atoms with Gasteiger partial charge in [0, 0.05) is 60.3 Å². The first kappa shape index (κ1) is 29.4. The van der Waals surface area contributed by atoms with Crippen molar-refractivity contribution in [2.45, 2.75) is 19.8 Å². The number of anilines is 2. The highest BCUT2D eigenvalue weighted by Gasteiger charge is 2.11. The zero-order chi connectivity index (χ0) is 26.5. The van der Waals surface area contributed by atoms with Gasteiger partial charge in [-0.05, 0) is 56.6 Å². The Morgan fingerprint density at radius 1 is 1.19 bits per heavy atom. The Hall–Kier alpha value is -2.79. The summed E-state index contributed by atoms with van der Waals surface area (Å²) in [5, 5.41) is 9.98. The highest BCUT2D eigenvalue weighted by molar-refractivity contribution is 8.02. The maximum absolute atomic E-state index is 14.3. The van der Waals surface area contributed by atoms with Gasteiger partial charge in [0.1, 0.15) is 11.6 Å². The van der Waals surface area contributed by atoms with Crippen LogP contribution in [0.1, 0.15) is 25.3 Å². The molecule has 0 saturated heterocycles. The molecule has 0 aliphatic heterocycles. The molecule has 11 heteroatoms. The molecule has 8 nitrogen and oxygen atoms in total. The molecule has 1 heterocycles. The van der Waals surface area contributed by atoms with Crippen LogP contribution in [0.5, 0.6) is 0 Å². The first-order valence-electron chi connectivity index (χ1n) is 11.6. The van der Waals surface area contributed by atoms with E-state index in [1.54, 1.807) is 24.4 Å². The number of aromatic nitrogens is 1. The van der Waals surface area contributed by atoms with Gasteiger partial charge in [0.2, 0.25) is 5.91 Å². The Balaban J connectivity index is 2.12. The topological polar surface area (TPSA) is 121 Å². The number of thioether (sulfide) groups is 1. The number of allylic oxidation sites excluding steroid dienone is 1. The van der Waals surface area contributed by atoms with Gasteiger partial charge >= 0.3 is 0 Å². The van der Waals surface area contributed by atoms with Gasteiger partial charge in [0.25, 0.3) is 0 Å². The van der Waals surface area contributed by atoms with Gasteiger partial charge in [0.15, 0.2) is 0 Å². The van der Waals surface area contributed by atoms with Crippen molar-refractivity contribution < 1.29 is 9.18 Å². The van der Waals surface area contributed by atoms with E-state index in [1.165, 1.54) is 30.0 Å². The number of carbonyl (C=O) groups is 1. The van der Waals surface area contributed by atoms with Crippen molar-refractivity contribution in [2.75, 3.05) is 50.1 Å². The van der Waals surface area contributed by atoms with E-state index in [9.17, 15) is 9.18 Å². The lowest BCUT2D eigenvalue weighted by Gasteiger charge is -2.21. The van der Waals surface area contributed by atoms with Crippen molar-refractivity contribution >= 4 is 46.5 Å². The van der Waals surface area contributed by atoms with Gasteiger partial charge in [-0.3, -0.25) is 4.79 Å². The summed E-state index contributed by atoms with van der Waals surface area (Å²) in [5.41, 5.74) is 13.8. The van der Waals surface area contributed by atoms with Crippen molar-refractivity contribution in [3.63, 3.8) is 0 Å². The molecule has 0 radical (unpaired) electrons. The number of nitrogens with zero attached hydrogens (tertiary/aromatic N) is 2. The largest absolute Gasteiger partial charge is 0.398 e. The van der Waals surface area contributed by atoms with Crippen LogP contribution in [0.2, 0.25) is 5.02 Å². The predicted octanol–water partition coefficient (Wildman–Crippen LogP) is 4.04. The molecule has 0 saturated carbocycles. The van der Waals surface area contributed by atoms with Crippen LogP contribution in [0.25, 0.3) is 5.70 Å². The van der Waals surface area contributed by atoms with Crippen molar-refractivity contribution in [3.8, 4) is 0 Å². The molecule has 0 spiro atoms. The quantitative estimate of drug-likeness (QED) is 0.230. The van der Waals surface area contributed by atoms with Gasteiger partial charge in [-0.2, -0.15) is 0 Å². The van der Waals surface area contributed by atoms with Crippen LogP contribution in [-0.2, 0) is 4.79 Å². The number of rotatable bonds is 14. The fourth-order valence-corrected chi connectivity index (χ4v) is 3.85. The number of amides is 1. The van der Waals surface area contributed by atoms with Crippen LogP contribution in [0.3, 0.4) is 0 Å². The second-order valence-corrected chi connectivity index (χ2v) is 9.29. The van der Waals surface area contributed by atoms with Crippen molar-refractivity contribution in [2.24, 2.45) is 11.5 Å². The zero-order valence-electron chi connectivity index (χ0n) is 20.9. The van der Waals surface area contributed by atoms with E-state index >= 15 is 0 Å². The molecule has 0 fully saturated rings. The summed E-state index contributed by atoms with van der Waals surface area (Å²) in [6.45, 7) is 5.48. The summed E-state index contributed by atoms with van der Waals surface area (Å²) in [6.07, 6.45) is 6.33. The molecule has 0 unspecified atom stereocenters. The molecular formula is C25H35ClFN7OS. The van der Waals surface area contributed by atoms with E-state index < -0.39 is 5.82 Å². The molecule has 2 aromatic rings. The Bertz CT molecular complexity index is 1080. The van der Waals surface area contributed by atoms with Gasteiger partial charge < -0.3 is 32.3 Å². The average Bonchev–Trinajstić information content (AvgIpc) is 2.86. The normalized spacial score (nSPS) is 12.4. The molecule has 0 aliphatic rings. The van der Waals surface area contributed by atoms with Crippen LogP contribution in [0.4, 0.5) is 15.9 Å². The summed E-state index contributed by atoms with van der Waals surface area (Å²) >= 11 is 7.31. The van der Waals surface area contributed by atoms with Crippen molar-refractivity contribution in [3.05, 3.63) is 69.7 Å². The first-order valence-corrected chi connectivity index (χ1v) is 13.2. The van der Waals surface area contributed by atoms with Crippen LogP contribution in [0, 0.1) is 5.82 Å². The lowest BCUT2D eigenvalue weighted by molar-refractivity contribution is -0.116. The van der Waals surface area contributed by atoms with E-state index in [0.717, 1.165) is 26.1 Å². The molecule has 7 N–H and O–H groups in total.